The smallest absolute Gasteiger partial charge is 0.342 e. The molecule has 4 rings (SSSR count). The van der Waals surface area contributed by atoms with Crippen molar-refractivity contribution in [3.05, 3.63) is 99.3 Å². The standard InChI is InChI=1S/C26H22N2O8S/c1-4-35-26(30)24-17(3)36-23-13-10-19(15-22(23)24)27(37(33,34)21-11-8-16(2)9-12-21)25(29)18-6-5-7-20(14-18)28(31)32/h5-15H,4H2,1-3H3. The summed E-state index contributed by atoms with van der Waals surface area (Å²) in [6.45, 7) is 5.12. The second kappa shape index (κ2) is 9.86. The number of carbonyl (C=O) groups is 2. The lowest BCUT2D eigenvalue weighted by atomic mass is 10.1. The van der Waals surface area contributed by atoms with Gasteiger partial charge in [0.2, 0.25) is 0 Å². The number of esters is 1. The molecule has 1 heterocycles. The Bertz CT molecular complexity index is 1640. The minimum atomic E-state index is -4.49. The molecule has 1 aromatic heterocycles. The van der Waals surface area contributed by atoms with Crippen LogP contribution in [-0.4, -0.2) is 31.8 Å². The van der Waals surface area contributed by atoms with Gasteiger partial charge in [0, 0.05) is 23.1 Å². The summed E-state index contributed by atoms with van der Waals surface area (Å²) in [6, 6.07) is 14.8. The third-order valence-electron chi connectivity index (χ3n) is 5.61. The van der Waals surface area contributed by atoms with E-state index < -0.39 is 26.8 Å². The van der Waals surface area contributed by atoms with Gasteiger partial charge in [-0.1, -0.05) is 23.8 Å². The number of benzene rings is 3. The maximum Gasteiger partial charge on any atom is 0.342 e. The normalized spacial score (nSPS) is 11.3. The monoisotopic (exact) mass is 522 g/mol. The van der Waals surface area contributed by atoms with Crippen molar-refractivity contribution < 1.29 is 32.1 Å². The first-order chi connectivity index (χ1) is 17.5. The zero-order valence-electron chi connectivity index (χ0n) is 20.1. The zero-order valence-corrected chi connectivity index (χ0v) is 20.9. The fourth-order valence-corrected chi connectivity index (χ4v) is 5.25. The lowest BCUT2D eigenvalue weighted by Gasteiger charge is -2.23. The minimum absolute atomic E-state index is 0.0871. The van der Waals surface area contributed by atoms with Gasteiger partial charge in [0.25, 0.3) is 21.6 Å². The van der Waals surface area contributed by atoms with Crippen molar-refractivity contribution in [2.45, 2.75) is 25.7 Å². The van der Waals surface area contributed by atoms with Crippen molar-refractivity contribution in [2.75, 3.05) is 10.9 Å². The van der Waals surface area contributed by atoms with Crippen LogP contribution in [0.25, 0.3) is 11.0 Å². The van der Waals surface area contributed by atoms with E-state index in [1.807, 2.05) is 0 Å². The van der Waals surface area contributed by atoms with Crippen LogP contribution in [0.1, 0.15) is 39.0 Å². The highest BCUT2D eigenvalue weighted by Crippen LogP contribution is 2.33. The second-order valence-corrected chi connectivity index (χ2v) is 9.92. The van der Waals surface area contributed by atoms with Crippen LogP contribution >= 0.6 is 0 Å². The summed E-state index contributed by atoms with van der Waals surface area (Å²) in [5, 5.41) is 11.5. The predicted molar refractivity (Wildman–Crippen MR) is 135 cm³/mol. The number of ether oxygens (including phenoxy) is 1. The number of sulfonamides is 1. The molecule has 0 aliphatic rings. The maximum absolute atomic E-state index is 13.8. The average molecular weight is 523 g/mol. The molecular weight excluding hydrogens is 500 g/mol. The third-order valence-corrected chi connectivity index (χ3v) is 7.33. The first kappa shape index (κ1) is 25.6. The van der Waals surface area contributed by atoms with E-state index >= 15 is 0 Å². The average Bonchev–Trinajstić information content (AvgIpc) is 3.19. The van der Waals surface area contributed by atoms with Gasteiger partial charge in [-0.3, -0.25) is 14.9 Å². The predicted octanol–water partition coefficient (Wildman–Crippen LogP) is 5.17. The van der Waals surface area contributed by atoms with Crippen molar-refractivity contribution in [2.24, 2.45) is 0 Å². The van der Waals surface area contributed by atoms with E-state index in [1.54, 1.807) is 32.9 Å². The van der Waals surface area contributed by atoms with Gasteiger partial charge >= 0.3 is 5.97 Å². The molecule has 0 saturated heterocycles. The number of nitro groups is 1. The Morgan fingerprint density at radius 3 is 2.38 bits per heavy atom. The van der Waals surface area contributed by atoms with Crippen LogP contribution in [0.4, 0.5) is 11.4 Å². The van der Waals surface area contributed by atoms with Crippen molar-refractivity contribution in [1.82, 2.24) is 0 Å². The largest absolute Gasteiger partial charge is 0.462 e. The van der Waals surface area contributed by atoms with Crippen LogP contribution in [0.3, 0.4) is 0 Å². The zero-order chi connectivity index (χ0) is 26.9. The molecule has 11 heteroatoms. The lowest BCUT2D eigenvalue weighted by molar-refractivity contribution is -0.384. The molecule has 0 atom stereocenters. The minimum Gasteiger partial charge on any atom is -0.462 e. The highest BCUT2D eigenvalue weighted by atomic mass is 32.2. The van der Waals surface area contributed by atoms with Crippen LogP contribution in [0, 0.1) is 24.0 Å². The lowest BCUT2D eigenvalue weighted by Crippen LogP contribution is -2.37. The van der Waals surface area contributed by atoms with Gasteiger partial charge in [-0.2, -0.15) is 4.31 Å². The van der Waals surface area contributed by atoms with E-state index in [0.29, 0.717) is 9.89 Å². The molecule has 0 saturated carbocycles. The molecule has 3 aromatic carbocycles. The summed E-state index contributed by atoms with van der Waals surface area (Å²) in [5.74, 6) is -1.40. The van der Waals surface area contributed by atoms with Crippen molar-refractivity contribution in [1.29, 1.82) is 0 Å². The highest BCUT2D eigenvalue weighted by Gasteiger charge is 2.33. The van der Waals surface area contributed by atoms with Gasteiger partial charge in [-0.25, -0.2) is 13.2 Å². The van der Waals surface area contributed by atoms with E-state index in [1.165, 1.54) is 48.5 Å². The van der Waals surface area contributed by atoms with Gasteiger partial charge in [0.15, 0.2) is 0 Å². The van der Waals surface area contributed by atoms with E-state index in [2.05, 4.69) is 0 Å². The van der Waals surface area contributed by atoms with Crippen molar-refractivity contribution >= 4 is 44.2 Å². The number of hydrogen-bond acceptors (Lipinski definition) is 8. The Labute approximate surface area is 212 Å². The molecule has 0 spiro atoms. The number of aryl methyl sites for hydroxylation is 2. The summed E-state index contributed by atoms with van der Waals surface area (Å²) in [5.41, 5.74) is 0.540. The first-order valence-electron chi connectivity index (χ1n) is 11.2. The Hall–Kier alpha value is -4.51. The van der Waals surface area contributed by atoms with Gasteiger partial charge < -0.3 is 9.15 Å². The maximum atomic E-state index is 13.8. The fraction of sp³-hybridized carbons (Fsp3) is 0.154. The number of carbonyl (C=O) groups excluding carboxylic acids is 2. The fourth-order valence-electron chi connectivity index (χ4n) is 3.84. The molecule has 0 fully saturated rings. The Balaban J connectivity index is 1.95. The molecule has 0 N–H and O–H groups in total. The van der Waals surface area contributed by atoms with Gasteiger partial charge in [-0.15, -0.1) is 0 Å². The highest BCUT2D eigenvalue weighted by molar-refractivity contribution is 7.93. The molecule has 0 radical (unpaired) electrons. The Morgan fingerprint density at radius 2 is 1.73 bits per heavy atom. The number of nitro benzene ring substituents is 1. The number of furan rings is 1. The van der Waals surface area contributed by atoms with Crippen molar-refractivity contribution in [3.8, 4) is 0 Å². The van der Waals surface area contributed by atoms with Crippen LogP contribution < -0.4 is 4.31 Å². The molecule has 190 valence electrons. The van der Waals surface area contributed by atoms with E-state index in [0.717, 1.165) is 11.6 Å². The third kappa shape index (κ3) is 4.81. The van der Waals surface area contributed by atoms with Crippen LogP contribution in [0.2, 0.25) is 0 Å². The number of hydrogen-bond donors (Lipinski definition) is 0. The SMILES string of the molecule is CCOC(=O)c1c(C)oc2ccc(N(C(=O)c3cccc([N+](=O)[O-])c3)S(=O)(=O)c3ccc(C)cc3)cc12. The summed E-state index contributed by atoms with van der Waals surface area (Å²) in [4.78, 5) is 36.7. The number of nitrogens with zero attached hydrogens (tertiary/aromatic N) is 2. The molecular formula is C26H22N2O8S. The molecule has 10 nitrogen and oxygen atoms in total. The van der Waals surface area contributed by atoms with Gasteiger partial charge in [0.05, 0.1) is 22.1 Å². The molecule has 0 aliphatic carbocycles. The first-order valence-corrected chi connectivity index (χ1v) is 12.6. The molecule has 37 heavy (non-hydrogen) atoms. The second-order valence-electron chi connectivity index (χ2n) is 8.13. The Morgan fingerprint density at radius 1 is 1.03 bits per heavy atom. The van der Waals surface area contributed by atoms with E-state index in [9.17, 15) is 28.1 Å². The number of fused-ring (bicyclic) bond motifs is 1. The van der Waals surface area contributed by atoms with E-state index in [4.69, 9.17) is 9.15 Å². The summed E-state index contributed by atoms with van der Waals surface area (Å²) >= 11 is 0. The number of non-ortho nitro benzene ring substituents is 1. The van der Waals surface area contributed by atoms with E-state index in [-0.39, 0.29) is 45.2 Å². The quantitative estimate of drug-likeness (QED) is 0.184. The topological polar surface area (TPSA) is 137 Å². The van der Waals surface area contributed by atoms with Crippen LogP contribution in [0.5, 0.6) is 0 Å². The number of amides is 1. The van der Waals surface area contributed by atoms with Gasteiger partial charge in [0.1, 0.15) is 16.9 Å². The molecule has 0 aliphatic heterocycles. The number of anilines is 1. The van der Waals surface area contributed by atoms with Gasteiger partial charge in [-0.05, 0) is 57.2 Å². The molecule has 0 unspecified atom stereocenters. The van der Waals surface area contributed by atoms with Crippen LogP contribution in [0.15, 0.2) is 76.0 Å². The van der Waals surface area contributed by atoms with Crippen LogP contribution in [-0.2, 0) is 14.8 Å². The Kier molecular flexibility index (Phi) is 6.82. The summed E-state index contributed by atoms with van der Waals surface area (Å²) in [7, 11) is -4.49. The summed E-state index contributed by atoms with van der Waals surface area (Å²) < 4.78 is 38.9. The summed E-state index contributed by atoms with van der Waals surface area (Å²) in [6.07, 6.45) is 0. The molecule has 4 aromatic rings. The van der Waals surface area contributed by atoms with Crippen molar-refractivity contribution in [3.63, 3.8) is 0 Å². The molecule has 1 amide bonds. The molecule has 0 bridgehead atoms. The number of rotatable bonds is 7.